The quantitative estimate of drug-likeness (QED) is 0.548. The summed E-state index contributed by atoms with van der Waals surface area (Å²) in [4.78, 5) is 23.5. The van der Waals surface area contributed by atoms with Gasteiger partial charge in [0, 0.05) is 5.69 Å². The number of unbranched alkanes of at least 4 members (excludes halogenated alkanes) is 1. The number of hydrogen-bond donors (Lipinski definition) is 1. The lowest BCUT2D eigenvalue weighted by Gasteiger charge is -2.11. The molecular weight excluding hydrogens is 370 g/mol. The monoisotopic (exact) mass is 391 g/mol. The predicted octanol–water partition coefficient (Wildman–Crippen LogP) is 3.23. The number of rotatable bonds is 8. The van der Waals surface area contributed by atoms with Crippen LogP contribution in [0.4, 0.5) is 5.69 Å². The van der Waals surface area contributed by atoms with Gasteiger partial charge in [0.05, 0.1) is 24.8 Å². The van der Waals surface area contributed by atoms with Crippen LogP contribution in [0.1, 0.15) is 40.5 Å². The highest BCUT2D eigenvalue weighted by atomic mass is 32.2. The maximum Gasteiger partial charge on any atom is 0.339 e. The van der Waals surface area contributed by atoms with Crippen LogP contribution in [-0.2, 0) is 19.5 Å². The molecule has 27 heavy (non-hydrogen) atoms. The second-order valence-corrected chi connectivity index (χ2v) is 7.31. The molecular formula is C19H21NO6S. The van der Waals surface area contributed by atoms with Crippen molar-refractivity contribution in [2.24, 2.45) is 0 Å². The van der Waals surface area contributed by atoms with Crippen molar-refractivity contribution in [1.29, 1.82) is 0 Å². The molecule has 0 unspecified atom stereocenters. The Labute approximate surface area is 158 Å². The van der Waals surface area contributed by atoms with Gasteiger partial charge < -0.3 is 9.47 Å². The van der Waals surface area contributed by atoms with Crippen LogP contribution in [-0.4, -0.2) is 34.1 Å². The van der Waals surface area contributed by atoms with Crippen molar-refractivity contribution in [3.8, 4) is 0 Å². The van der Waals surface area contributed by atoms with Gasteiger partial charge in [0.1, 0.15) is 4.90 Å². The molecule has 2 rings (SSSR count). The van der Waals surface area contributed by atoms with E-state index in [0.29, 0.717) is 12.2 Å². The van der Waals surface area contributed by atoms with Crippen molar-refractivity contribution in [2.75, 3.05) is 18.4 Å². The van der Waals surface area contributed by atoms with E-state index in [1.54, 1.807) is 6.07 Å². The SMILES string of the molecule is CCCCOC(=O)c1ccc(NS(=O)(=O)c2ccccc2C(=O)OC)cc1. The van der Waals surface area contributed by atoms with E-state index in [2.05, 4.69) is 9.46 Å². The van der Waals surface area contributed by atoms with Crippen molar-refractivity contribution in [1.82, 2.24) is 0 Å². The zero-order valence-corrected chi connectivity index (χ0v) is 15.9. The lowest BCUT2D eigenvalue weighted by molar-refractivity contribution is 0.0499. The van der Waals surface area contributed by atoms with Gasteiger partial charge in [-0.05, 0) is 42.8 Å². The molecule has 0 aliphatic heterocycles. The molecule has 0 saturated heterocycles. The van der Waals surface area contributed by atoms with Crippen molar-refractivity contribution < 1.29 is 27.5 Å². The van der Waals surface area contributed by atoms with Crippen LogP contribution in [0, 0.1) is 0 Å². The fourth-order valence-electron chi connectivity index (χ4n) is 2.26. The lowest BCUT2D eigenvalue weighted by atomic mass is 10.2. The summed E-state index contributed by atoms with van der Waals surface area (Å²) in [7, 11) is -2.84. The number of esters is 2. The molecule has 0 spiro atoms. The topological polar surface area (TPSA) is 98.8 Å². The van der Waals surface area contributed by atoms with E-state index in [1.807, 2.05) is 6.92 Å². The Bertz CT molecular complexity index is 906. The highest BCUT2D eigenvalue weighted by Gasteiger charge is 2.22. The first-order chi connectivity index (χ1) is 12.9. The fraction of sp³-hybridized carbons (Fsp3) is 0.263. The summed E-state index contributed by atoms with van der Waals surface area (Å²) >= 11 is 0. The molecule has 0 saturated carbocycles. The Balaban J connectivity index is 2.17. The van der Waals surface area contributed by atoms with Crippen molar-refractivity contribution in [3.63, 3.8) is 0 Å². The smallest absolute Gasteiger partial charge is 0.339 e. The van der Waals surface area contributed by atoms with Crippen LogP contribution in [0.2, 0.25) is 0 Å². The van der Waals surface area contributed by atoms with E-state index in [4.69, 9.17) is 4.74 Å². The van der Waals surface area contributed by atoms with Gasteiger partial charge in [-0.1, -0.05) is 25.5 Å². The molecule has 1 N–H and O–H groups in total. The molecule has 7 nitrogen and oxygen atoms in total. The number of carbonyl (C=O) groups excluding carboxylic acids is 2. The summed E-state index contributed by atoms with van der Waals surface area (Å²) < 4.78 is 37.4. The summed E-state index contributed by atoms with van der Waals surface area (Å²) in [6, 6.07) is 11.6. The van der Waals surface area contributed by atoms with Gasteiger partial charge >= 0.3 is 11.9 Å². The first-order valence-corrected chi connectivity index (χ1v) is 9.84. The normalized spacial score (nSPS) is 10.9. The molecule has 0 heterocycles. The van der Waals surface area contributed by atoms with Crippen LogP contribution >= 0.6 is 0 Å². The number of carbonyl (C=O) groups is 2. The van der Waals surface area contributed by atoms with Gasteiger partial charge in [-0.25, -0.2) is 18.0 Å². The number of methoxy groups -OCH3 is 1. The van der Waals surface area contributed by atoms with Crippen molar-refractivity contribution >= 4 is 27.6 Å². The molecule has 0 amide bonds. The summed E-state index contributed by atoms with van der Waals surface area (Å²) in [6.45, 7) is 2.33. The molecule has 0 bridgehead atoms. The minimum atomic E-state index is -4.02. The highest BCUT2D eigenvalue weighted by Crippen LogP contribution is 2.21. The van der Waals surface area contributed by atoms with E-state index in [1.165, 1.54) is 49.6 Å². The van der Waals surface area contributed by atoms with E-state index >= 15 is 0 Å². The van der Waals surface area contributed by atoms with Gasteiger partial charge in [0.25, 0.3) is 10.0 Å². The Hall–Kier alpha value is -2.87. The standard InChI is InChI=1S/C19H21NO6S/c1-3-4-13-26-18(21)14-9-11-15(12-10-14)20-27(23,24)17-8-6-5-7-16(17)19(22)25-2/h5-12,20H,3-4,13H2,1-2H3. The molecule has 0 aromatic heterocycles. The average Bonchev–Trinajstić information content (AvgIpc) is 2.67. The molecule has 0 atom stereocenters. The third-order valence-corrected chi connectivity index (χ3v) is 5.13. The molecule has 0 aliphatic rings. The van der Waals surface area contributed by atoms with Gasteiger partial charge in [0.15, 0.2) is 0 Å². The minimum absolute atomic E-state index is 0.0661. The third kappa shape index (κ3) is 5.30. The van der Waals surface area contributed by atoms with Gasteiger partial charge in [-0.2, -0.15) is 0 Å². The van der Waals surface area contributed by atoms with E-state index in [0.717, 1.165) is 12.8 Å². The Morgan fingerprint density at radius 3 is 2.30 bits per heavy atom. The molecule has 2 aromatic rings. The highest BCUT2D eigenvalue weighted by molar-refractivity contribution is 7.92. The minimum Gasteiger partial charge on any atom is -0.465 e. The molecule has 2 aromatic carbocycles. The molecule has 144 valence electrons. The summed E-state index contributed by atoms with van der Waals surface area (Å²) in [5, 5.41) is 0. The summed E-state index contributed by atoms with van der Waals surface area (Å²) in [5.41, 5.74) is 0.507. The number of sulfonamides is 1. The molecule has 0 radical (unpaired) electrons. The first-order valence-electron chi connectivity index (χ1n) is 8.36. The fourth-order valence-corrected chi connectivity index (χ4v) is 3.51. The van der Waals surface area contributed by atoms with E-state index < -0.39 is 22.0 Å². The largest absolute Gasteiger partial charge is 0.465 e. The number of benzene rings is 2. The maximum atomic E-state index is 12.6. The van der Waals surface area contributed by atoms with Crippen LogP contribution in [0.15, 0.2) is 53.4 Å². The molecule has 8 heteroatoms. The number of hydrogen-bond acceptors (Lipinski definition) is 6. The van der Waals surface area contributed by atoms with Gasteiger partial charge in [-0.3, -0.25) is 4.72 Å². The predicted molar refractivity (Wildman–Crippen MR) is 100 cm³/mol. The van der Waals surface area contributed by atoms with Crippen LogP contribution in [0.5, 0.6) is 0 Å². The van der Waals surface area contributed by atoms with Gasteiger partial charge in [0.2, 0.25) is 0 Å². The van der Waals surface area contributed by atoms with E-state index in [-0.39, 0.29) is 16.1 Å². The number of anilines is 1. The zero-order chi connectivity index (χ0) is 19.9. The summed E-state index contributed by atoms with van der Waals surface area (Å²) in [5.74, 6) is -1.21. The Morgan fingerprint density at radius 2 is 1.67 bits per heavy atom. The molecule has 0 aliphatic carbocycles. The molecule has 0 fully saturated rings. The first kappa shape index (κ1) is 20.4. The maximum absolute atomic E-state index is 12.6. The van der Waals surface area contributed by atoms with E-state index in [9.17, 15) is 18.0 Å². The summed E-state index contributed by atoms with van der Waals surface area (Å²) in [6.07, 6.45) is 1.70. The number of ether oxygens (including phenoxy) is 2. The Morgan fingerprint density at radius 1 is 1.00 bits per heavy atom. The lowest BCUT2D eigenvalue weighted by Crippen LogP contribution is -2.17. The second kappa shape index (κ2) is 9.18. The average molecular weight is 391 g/mol. The third-order valence-electron chi connectivity index (χ3n) is 3.69. The van der Waals surface area contributed by atoms with Crippen LogP contribution in [0.3, 0.4) is 0 Å². The van der Waals surface area contributed by atoms with Crippen LogP contribution in [0.25, 0.3) is 0 Å². The van der Waals surface area contributed by atoms with Crippen molar-refractivity contribution in [3.05, 3.63) is 59.7 Å². The van der Waals surface area contributed by atoms with Crippen molar-refractivity contribution in [2.45, 2.75) is 24.7 Å². The van der Waals surface area contributed by atoms with Crippen LogP contribution < -0.4 is 4.72 Å². The Kier molecular flexibility index (Phi) is 6.95. The zero-order valence-electron chi connectivity index (χ0n) is 15.1. The second-order valence-electron chi connectivity index (χ2n) is 5.66. The van der Waals surface area contributed by atoms with Gasteiger partial charge in [-0.15, -0.1) is 0 Å². The number of nitrogens with one attached hydrogen (secondary N) is 1.